The lowest BCUT2D eigenvalue weighted by Crippen LogP contribution is -2.75. The number of halogens is 34. The molecule has 2 fully saturated rings. The fourth-order valence-electron chi connectivity index (χ4n) is 6.72. The normalized spacial score (nSPS) is 22.6. The predicted molar refractivity (Wildman–Crippen MR) is 154 cm³/mol. The summed E-state index contributed by atoms with van der Waals surface area (Å²) in [6.45, 7) is 0. The zero-order valence-electron chi connectivity index (χ0n) is 32.3. The van der Waals surface area contributed by atoms with Gasteiger partial charge in [-0.25, -0.2) is 0 Å². The first-order valence-corrected chi connectivity index (χ1v) is 18.0. The second kappa shape index (κ2) is 17.7. The van der Waals surface area contributed by atoms with Gasteiger partial charge in [0.05, 0.1) is 0 Å². The second-order valence-electron chi connectivity index (χ2n) is 15.7. The standard InChI is InChI=1S/C31H24F34N2O2/c32-16(33,18(36,37)20(40,41)22(44,45)24(48,49)26(52,53)28(56,57)30(60,61)62)14(68)66-12-5-1-10(2-6-12)9-11-3-7-13(8-4-11)67-15(69)17(34,35)19(38,39)21(42,43)23(46,47)25(50,51)27(54,55)29(58,59)31(63,64)65/h10-13H,1-9H2,(H,66,68)(H,67,69). The Morgan fingerprint density at radius 2 is 0.449 bits per heavy atom. The molecule has 2 aliphatic rings. The molecule has 2 rings (SSSR count). The average Bonchev–Trinajstić information content (AvgIpc) is 3.17. The molecule has 2 amide bonds. The highest BCUT2D eigenvalue weighted by Crippen LogP contribution is 2.66. The van der Waals surface area contributed by atoms with Gasteiger partial charge >= 0.3 is 95.3 Å². The van der Waals surface area contributed by atoms with E-state index in [0.717, 1.165) is 10.6 Å². The van der Waals surface area contributed by atoms with Crippen LogP contribution >= 0.6 is 0 Å². The molecule has 408 valence electrons. The van der Waals surface area contributed by atoms with Gasteiger partial charge in [0, 0.05) is 12.1 Å². The molecule has 0 aromatic carbocycles. The zero-order chi connectivity index (χ0) is 55.2. The van der Waals surface area contributed by atoms with Crippen LogP contribution in [0.2, 0.25) is 0 Å². The molecule has 2 N–H and O–H groups in total. The van der Waals surface area contributed by atoms with E-state index in [0.29, 0.717) is 0 Å². The van der Waals surface area contributed by atoms with Crippen molar-refractivity contribution in [3.8, 4) is 0 Å². The summed E-state index contributed by atoms with van der Waals surface area (Å²) in [6, 6.07) is -3.77. The Balaban J connectivity index is 2.11. The number of hydrogen-bond donors (Lipinski definition) is 2. The van der Waals surface area contributed by atoms with Crippen LogP contribution in [0.4, 0.5) is 149 Å². The van der Waals surface area contributed by atoms with Crippen LogP contribution < -0.4 is 10.6 Å². The molecule has 0 aromatic heterocycles. The van der Waals surface area contributed by atoms with Crippen LogP contribution in [-0.4, -0.2) is 119 Å². The summed E-state index contributed by atoms with van der Waals surface area (Å²) in [4.78, 5) is 23.8. The first-order valence-electron chi connectivity index (χ1n) is 18.0. The van der Waals surface area contributed by atoms with Crippen LogP contribution in [0.1, 0.15) is 57.8 Å². The minimum Gasteiger partial charge on any atom is -0.348 e. The van der Waals surface area contributed by atoms with E-state index in [2.05, 4.69) is 0 Å². The van der Waals surface area contributed by atoms with Crippen LogP contribution in [0.15, 0.2) is 0 Å². The molecule has 4 nitrogen and oxygen atoms in total. The maximum Gasteiger partial charge on any atom is 0.460 e. The molecule has 0 saturated heterocycles. The first kappa shape index (κ1) is 61.7. The summed E-state index contributed by atoms with van der Waals surface area (Å²) < 4.78 is 460. The molecule has 0 atom stereocenters. The van der Waals surface area contributed by atoms with Crippen LogP contribution in [0.5, 0.6) is 0 Å². The number of rotatable bonds is 18. The second-order valence-corrected chi connectivity index (χ2v) is 15.7. The van der Waals surface area contributed by atoms with Crippen molar-refractivity contribution in [1.29, 1.82) is 0 Å². The molecule has 0 aliphatic heterocycles. The number of carbonyl (C=O) groups excluding carboxylic acids is 2. The molecule has 0 heterocycles. The van der Waals surface area contributed by atoms with Crippen molar-refractivity contribution < 1.29 is 159 Å². The number of alkyl halides is 34. The summed E-state index contributed by atoms with van der Waals surface area (Å²) in [7, 11) is 0. The molecule has 0 bridgehead atoms. The molecular formula is C31H24F34N2O2. The molecule has 38 heteroatoms. The van der Waals surface area contributed by atoms with E-state index in [1.54, 1.807) is 0 Å². The first-order chi connectivity index (χ1) is 29.9. The van der Waals surface area contributed by atoms with Crippen molar-refractivity contribution in [2.75, 3.05) is 0 Å². The van der Waals surface area contributed by atoms with Crippen LogP contribution in [0.3, 0.4) is 0 Å². The largest absolute Gasteiger partial charge is 0.460 e. The lowest BCUT2D eigenvalue weighted by atomic mass is 9.75. The number of carbonyl (C=O) groups is 2. The van der Waals surface area contributed by atoms with E-state index >= 15 is 0 Å². The summed E-state index contributed by atoms with van der Waals surface area (Å²) in [5.41, 5.74) is 0. The molecule has 0 unspecified atom stereocenters. The van der Waals surface area contributed by atoms with Crippen molar-refractivity contribution in [2.24, 2.45) is 11.8 Å². The van der Waals surface area contributed by atoms with Gasteiger partial charge in [0.1, 0.15) is 0 Å². The highest BCUT2D eigenvalue weighted by Gasteiger charge is 2.97. The third-order valence-electron chi connectivity index (χ3n) is 11.0. The Morgan fingerprint density at radius 3 is 0.638 bits per heavy atom. The van der Waals surface area contributed by atoms with Gasteiger partial charge in [0.2, 0.25) is 0 Å². The minimum absolute atomic E-state index is 0.134. The SMILES string of the molecule is O=C(NC1CCC(CC2CCC(NC(=O)C(F)(F)C(F)(F)C(F)(F)C(F)(F)C(F)(F)C(F)(F)C(F)(F)C(F)(F)F)CC2)CC1)C(F)(F)C(F)(F)C(F)(F)C(F)(F)C(F)(F)C(F)(F)C(F)(F)C(F)(F)F. The zero-order valence-corrected chi connectivity index (χ0v) is 32.3. The maximum atomic E-state index is 14.3. The quantitative estimate of drug-likeness (QED) is 0.134. The predicted octanol–water partition coefficient (Wildman–Crippen LogP) is 12.7. The Hall–Kier alpha value is -3.44. The van der Waals surface area contributed by atoms with Gasteiger partial charge in [0.25, 0.3) is 11.8 Å². The highest BCUT2D eigenvalue weighted by molar-refractivity contribution is 5.85. The van der Waals surface area contributed by atoms with E-state index in [4.69, 9.17) is 0 Å². The Morgan fingerprint density at radius 1 is 0.275 bits per heavy atom. The van der Waals surface area contributed by atoms with Gasteiger partial charge in [-0.1, -0.05) is 0 Å². The molecule has 0 spiro atoms. The average molecular weight is 1100 g/mol. The fourth-order valence-corrected chi connectivity index (χ4v) is 6.72. The molecule has 0 aromatic rings. The van der Waals surface area contributed by atoms with Crippen molar-refractivity contribution >= 4 is 11.8 Å². The smallest absolute Gasteiger partial charge is 0.348 e. The van der Waals surface area contributed by atoms with E-state index < -0.39 is 157 Å². The van der Waals surface area contributed by atoms with Gasteiger partial charge in [-0.3, -0.25) is 9.59 Å². The van der Waals surface area contributed by atoms with Crippen molar-refractivity contribution in [3.63, 3.8) is 0 Å². The monoisotopic (exact) mass is 1100 g/mol. The lowest BCUT2D eigenvalue weighted by molar-refractivity contribution is -0.459. The summed E-state index contributed by atoms with van der Waals surface area (Å²) in [6.07, 6.45) is -20.4. The molecular weight excluding hydrogens is 1080 g/mol. The summed E-state index contributed by atoms with van der Waals surface area (Å²) >= 11 is 0. The number of nitrogens with one attached hydrogen (secondary N) is 2. The molecule has 2 aliphatic carbocycles. The minimum atomic E-state index is -8.95. The Labute approximate surface area is 359 Å². The lowest BCUT2D eigenvalue weighted by Gasteiger charge is -2.42. The van der Waals surface area contributed by atoms with E-state index in [1.165, 1.54) is 0 Å². The van der Waals surface area contributed by atoms with Crippen molar-refractivity contribution in [1.82, 2.24) is 10.6 Å². The maximum absolute atomic E-state index is 14.3. The van der Waals surface area contributed by atoms with Crippen LogP contribution in [0, 0.1) is 11.8 Å². The van der Waals surface area contributed by atoms with Gasteiger partial charge < -0.3 is 10.6 Å². The number of amides is 2. The van der Waals surface area contributed by atoms with Gasteiger partial charge in [0.15, 0.2) is 0 Å². The van der Waals surface area contributed by atoms with Gasteiger partial charge in [-0.15, -0.1) is 0 Å². The highest BCUT2D eigenvalue weighted by atomic mass is 19.4. The fraction of sp³-hybridized carbons (Fsp3) is 0.935. The van der Waals surface area contributed by atoms with Crippen LogP contribution in [-0.2, 0) is 9.59 Å². The van der Waals surface area contributed by atoms with Gasteiger partial charge in [-0.2, -0.15) is 149 Å². The van der Waals surface area contributed by atoms with E-state index in [-0.39, 0.29) is 32.1 Å². The summed E-state index contributed by atoms with van der Waals surface area (Å²) in [5.74, 6) is -128. The Kier molecular flexibility index (Phi) is 15.8. The third-order valence-corrected chi connectivity index (χ3v) is 11.0. The van der Waals surface area contributed by atoms with Crippen molar-refractivity contribution in [2.45, 2.75) is 165 Å². The summed E-state index contributed by atoms with van der Waals surface area (Å²) in [5, 5.41) is 1.76. The molecule has 0 radical (unpaired) electrons. The van der Waals surface area contributed by atoms with Crippen molar-refractivity contribution in [3.05, 3.63) is 0 Å². The molecule has 69 heavy (non-hydrogen) atoms. The molecule has 2 saturated carbocycles. The van der Waals surface area contributed by atoms with E-state index in [9.17, 15) is 159 Å². The number of hydrogen-bond acceptors (Lipinski definition) is 2. The third kappa shape index (κ3) is 9.11. The Bertz CT molecular complexity index is 1700. The van der Waals surface area contributed by atoms with Gasteiger partial charge in [-0.05, 0) is 69.6 Å². The topological polar surface area (TPSA) is 58.2 Å². The van der Waals surface area contributed by atoms with E-state index in [1.807, 2.05) is 0 Å². The van der Waals surface area contributed by atoms with Crippen LogP contribution in [0.25, 0.3) is 0 Å².